The number of thiophene rings is 1. The molecule has 0 bridgehead atoms. The second-order valence-corrected chi connectivity index (χ2v) is 5.80. The van der Waals surface area contributed by atoms with Gasteiger partial charge in [-0.2, -0.15) is 0 Å². The van der Waals surface area contributed by atoms with Crippen molar-refractivity contribution in [3.8, 4) is 5.75 Å². The van der Waals surface area contributed by atoms with Crippen molar-refractivity contribution < 1.29 is 23.0 Å². The van der Waals surface area contributed by atoms with Gasteiger partial charge in [-0.3, -0.25) is 0 Å². The van der Waals surface area contributed by atoms with Gasteiger partial charge in [-0.05, 0) is 31.9 Å². The van der Waals surface area contributed by atoms with E-state index in [0.717, 1.165) is 19.8 Å². The summed E-state index contributed by atoms with van der Waals surface area (Å²) >= 11 is 0.713. The fourth-order valence-electron chi connectivity index (χ4n) is 2.05. The van der Waals surface area contributed by atoms with Crippen molar-refractivity contribution in [2.75, 3.05) is 7.11 Å². The Morgan fingerprint density at radius 2 is 2.10 bits per heavy atom. The van der Waals surface area contributed by atoms with Crippen molar-refractivity contribution in [1.82, 2.24) is 0 Å². The van der Waals surface area contributed by atoms with Crippen LogP contribution in [-0.2, 0) is 10.7 Å². The molecule has 21 heavy (non-hydrogen) atoms. The molecule has 0 aromatic carbocycles. The third-order valence-electron chi connectivity index (χ3n) is 3.04. The molecule has 0 fully saturated rings. The Labute approximate surface area is 125 Å². The number of rotatable bonds is 4. The van der Waals surface area contributed by atoms with Crippen LogP contribution in [0.4, 0.5) is 8.78 Å². The maximum atomic E-state index is 13.6. The average molecular weight is 314 g/mol. The molecule has 1 aromatic rings. The molecule has 114 valence electrons. The zero-order chi connectivity index (χ0) is 15.6. The molecule has 0 amide bonds. The summed E-state index contributed by atoms with van der Waals surface area (Å²) in [5, 5.41) is 0. The van der Waals surface area contributed by atoms with E-state index >= 15 is 0 Å². The van der Waals surface area contributed by atoms with Crippen molar-refractivity contribution >= 4 is 17.3 Å². The maximum absolute atomic E-state index is 13.6. The highest BCUT2D eigenvalue weighted by Crippen LogP contribution is 2.44. The average Bonchev–Trinajstić information content (AvgIpc) is 2.77. The Morgan fingerprint density at radius 1 is 1.38 bits per heavy atom. The first-order valence-electron chi connectivity index (χ1n) is 6.49. The van der Waals surface area contributed by atoms with E-state index in [1.807, 2.05) is 12.2 Å². The first kappa shape index (κ1) is 15.7. The molecule has 2 rings (SSSR count). The van der Waals surface area contributed by atoms with Crippen LogP contribution < -0.4 is 4.74 Å². The summed E-state index contributed by atoms with van der Waals surface area (Å²) < 4.78 is 37.6. The number of halogens is 2. The second-order valence-electron chi connectivity index (χ2n) is 4.78. The van der Waals surface area contributed by atoms with Crippen LogP contribution in [0, 0.1) is 6.92 Å². The van der Waals surface area contributed by atoms with Gasteiger partial charge < -0.3 is 9.47 Å². The first-order valence-corrected chi connectivity index (χ1v) is 7.30. The number of ether oxygens (including phenoxy) is 2. The summed E-state index contributed by atoms with van der Waals surface area (Å²) in [4.78, 5) is 11.7. The summed E-state index contributed by atoms with van der Waals surface area (Å²) in [6.07, 6.45) is 7.30. The lowest BCUT2D eigenvalue weighted by molar-refractivity contribution is 0.0208. The highest BCUT2D eigenvalue weighted by atomic mass is 32.1. The number of carbonyl (C=O) groups is 1. The van der Waals surface area contributed by atoms with Crippen LogP contribution in [0.25, 0.3) is 0 Å². The molecule has 1 aliphatic rings. The normalized spacial score (nSPS) is 14.8. The number of esters is 1. The number of hydrogen-bond donors (Lipinski definition) is 0. The standard InChI is InChI=1S/C15H16F2O3S/c1-9-11(20-10-7-5-4-6-8-10)12(14(18)19-3)21-13(9)15(2,16)17/h5,7-8H,4,6H2,1-3H3. The molecule has 0 saturated carbocycles. The van der Waals surface area contributed by atoms with E-state index in [4.69, 9.17) is 4.74 Å². The molecule has 0 radical (unpaired) electrons. The van der Waals surface area contributed by atoms with E-state index in [1.54, 1.807) is 6.08 Å². The number of carbonyl (C=O) groups excluding carboxylic acids is 1. The minimum absolute atomic E-state index is 0.0615. The predicted octanol–water partition coefficient (Wildman–Crippen LogP) is 4.57. The molecule has 1 aliphatic carbocycles. The minimum atomic E-state index is -3.03. The number of alkyl halides is 2. The molecule has 0 unspecified atom stereocenters. The number of allylic oxidation sites excluding steroid dienone is 3. The van der Waals surface area contributed by atoms with E-state index in [0.29, 0.717) is 17.1 Å². The molecular formula is C15H16F2O3S. The van der Waals surface area contributed by atoms with Crippen molar-refractivity contribution in [3.63, 3.8) is 0 Å². The van der Waals surface area contributed by atoms with Gasteiger partial charge in [0.1, 0.15) is 5.76 Å². The van der Waals surface area contributed by atoms with Gasteiger partial charge in [0, 0.05) is 12.5 Å². The lowest BCUT2D eigenvalue weighted by Gasteiger charge is -2.12. The Hall–Kier alpha value is -1.69. The van der Waals surface area contributed by atoms with Crippen molar-refractivity contribution in [3.05, 3.63) is 39.3 Å². The monoisotopic (exact) mass is 314 g/mol. The second kappa shape index (κ2) is 5.97. The van der Waals surface area contributed by atoms with E-state index in [-0.39, 0.29) is 21.1 Å². The summed E-state index contributed by atoms with van der Waals surface area (Å²) in [5.74, 6) is -3.00. The fourth-order valence-corrected chi connectivity index (χ4v) is 3.13. The molecule has 0 atom stereocenters. The summed E-state index contributed by atoms with van der Waals surface area (Å²) in [5.41, 5.74) is 0.271. The zero-order valence-corrected chi connectivity index (χ0v) is 12.9. The fraction of sp³-hybridized carbons (Fsp3) is 0.400. The Bertz CT molecular complexity index is 609. The van der Waals surface area contributed by atoms with Gasteiger partial charge in [0.2, 0.25) is 0 Å². The van der Waals surface area contributed by atoms with E-state index < -0.39 is 11.9 Å². The molecule has 6 heteroatoms. The van der Waals surface area contributed by atoms with Crippen molar-refractivity contribution in [2.45, 2.75) is 32.6 Å². The highest BCUT2D eigenvalue weighted by molar-refractivity contribution is 7.14. The van der Waals surface area contributed by atoms with Crippen molar-refractivity contribution in [1.29, 1.82) is 0 Å². The van der Waals surface area contributed by atoms with Gasteiger partial charge in [0.15, 0.2) is 10.6 Å². The van der Waals surface area contributed by atoms with Gasteiger partial charge in [0.25, 0.3) is 5.92 Å². The zero-order valence-electron chi connectivity index (χ0n) is 12.0. The summed E-state index contributed by atoms with van der Waals surface area (Å²) in [7, 11) is 1.21. The van der Waals surface area contributed by atoms with Crippen LogP contribution in [0.3, 0.4) is 0 Å². The number of methoxy groups -OCH3 is 1. The molecule has 0 N–H and O–H groups in total. The van der Waals surface area contributed by atoms with E-state index in [2.05, 4.69) is 4.74 Å². The van der Waals surface area contributed by atoms with Crippen molar-refractivity contribution in [2.24, 2.45) is 0 Å². The molecule has 0 saturated heterocycles. The van der Waals surface area contributed by atoms with Gasteiger partial charge >= 0.3 is 5.97 Å². The molecule has 3 nitrogen and oxygen atoms in total. The predicted molar refractivity (Wildman–Crippen MR) is 77.0 cm³/mol. The third kappa shape index (κ3) is 3.32. The third-order valence-corrected chi connectivity index (χ3v) is 4.47. The largest absolute Gasteiger partial charge is 0.465 e. The minimum Gasteiger partial charge on any atom is -0.465 e. The Balaban J connectivity index is 2.46. The van der Waals surface area contributed by atoms with Gasteiger partial charge in [-0.25, -0.2) is 13.6 Å². The van der Waals surface area contributed by atoms with Crippen LogP contribution in [-0.4, -0.2) is 13.1 Å². The summed E-state index contributed by atoms with van der Waals surface area (Å²) in [6, 6.07) is 0. The maximum Gasteiger partial charge on any atom is 0.351 e. The summed E-state index contributed by atoms with van der Waals surface area (Å²) in [6.45, 7) is 2.33. The van der Waals surface area contributed by atoms with Crippen LogP contribution in [0.5, 0.6) is 5.75 Å². The lowest BCUT2D eigenvalue weighted by Crippen LogP contribution is -2.06. The molecule has 1 heterocycles. The van der Waals surface area contributed by atoms with Gasteiger partial charge in [-0.15, -0.1) is 11.3 Å². The SMILES string of the molecule is COC(=O)c1sc(C(C)(F)F)c(C)c1OC1=CCCC=C1. The van der Waals surface area contributed by atoms with E-state index in [1.165, 1.54) is 14.0 Å². The number of hydrogen-bond acceptors (Lipinski definition) is 4. The van der Waals surface area contributed by atoms with Gasteiger partial charge in [0.05, 0.1) is 12.0 Å². The lowest BCUT2D eigenvalue weighted by atomic mass is 10.1. The molecule has 0 spiro atoms. The van der Waals surface area contributed by atoms with E-state index in [9.17, 15) is 13.6 Å². The smallest absolute Gasteiger partial charge is 0.351 e. The Morgan fingerprint density at radius 3 is 2.62 bits per heavy atom. The van der Waals surface area contributed by atoms with Gasteiger partial charge in [-0.1, -0.05) is 6.08 Å². The molecule has 1 aromatic heterocycles. The topological polar surface area (TPSA) is 35.5 Å². The van der Waals surface area contributed by atoms with Crippen LogP contribution >= 0.6 is 11.3 Å². The quantitative estimate of drug-likeness (QED) is 0.764. The molecule has 0 aliphatic heterocycles. The Kier molecular flexibility index (Phi) is 4.46. The van der Waals surface area contributed by atoms with Crippen LogP contribution in [0.2, 0.25) is 0 Å². The van der Waals surface area contributed by atoms with Crippen LogP contribution in [0.15, 0.2) is 24.0 Å². The highest BCUT2D eigenvalue weighted by Gasteiger charge is 2.34. The van der Waals surface area contributed by atoms with Crippen LogP contribution in [0.1, 0.15) is 39.9 Å². The molecular weight excluding hydrogens is 298 g/mol. The first-order chi connectivity index (χ1) is 9.84.